The van der Waals surface area contributed by atoms with E-state index < -0.39 is 17.8 Å². The number of rotatable bonds is 2. The van der Waals surface area contributed by atoms with Gasteiger partial charge < -0.3 is 14.6 Å². The summed E-state index contributed by atoms with van der Waals surface area (Å²) < 4.78 is 41.7. The molecule has 0 aliphatic carbocycles. The number of amides is 1. The molecule has 1 N–H and O–H groups in total. The summed E-state index contributed by atoms with van der Waals surface area (Å²) in [5.41, 5.74) is 2.45. The van der Waals surface area contributed by atoms with Crippen molar-refractivity contribution in [1.29, 1.82) is 0 Å². The van der Waals surface area contributed by atoms with E-state index in [-0.39, 0.29) is 12.1 Å². The van der Waals surface area contributed by atoms with Crippen molar-refractivity contribution in [3.8, 4) is 16.9 Å². The van der Waals surface area contributed by atoms with Crippen LogP contribution in [0.25, 0.3) is 28.0 Å². The van der Waals surface area contributed by atoms with Gasteiger partial charge in [0.1, 0.15) is 11.5 Å². The highest BCUT2D eigenvalue weighted by molar-refractivity contribution is 5.84. The third-order valence-electron chi connectivity index (χ3n) is 6.21. The lowest BCUT2D eigenvalue weighted by atomic mass is 10.0. The SMILES string of the molecule is Cn1c2c(c3ccc(-n4ccc(-c5ccc(C(F)(F)F)cc5)cc4=O)nc31)CN(C(=O)O)CC2. The Morgan fingerprint density at radius 2 is 1.79 bits per heavy atom. The van der Waals surface area contributed by atoms with E-state index in [1.165, 1.54) is 27.7 Å². The quantitative estimate of drug-likeness (QED) is 0.472. The minimum Gasteiger partial charge on any atom is -0.465 e. The van der Waals surface area contributed by atoms with Crippen molar-refractivity contribution in [2.24, 2.45) is 7.05 Å². The van der Waals surface area contributed by atoms with E-state index in [1.54, 1.807) is 18.3 Å². The molecule has 0 spiro atoms. The number of aryl methyl sites for hydroxylation is 1. The first kappa shape index (κ1) is 21.7. The van der Waals surface area contributed by atoms with Crippen LogP contribution in [0, 0.1) is 0 Å². The number of pyridine rings is 2. The maximum absolute atomic E-state index is 12.8. The van der Waals surface area contributed by atoms with Crippen molar-refractivity contribution in [2.45, 2.75) is 19.1 Å². The molecule has 1 aliphatic rings. The molecule has 0 saturated carbocycles. The smallest absolute Gasteiger partial charge is 0.416 e. The number of carboxylic acid groups (broad SMARTS) is 1. The molecule has 34 heavy (non-hydrogen) atoms. The Morgan fingerprint density at radius 3 is 2.44 bits per heavy atom. The Bertz CT molecular complexity index is 1490. The number of benzene rings is 1. The first-order valence-electron chi connectivity index (χ1n) is 10.5. The summed E-state index contributed by atoms with van der Waals surface area (Å²) in [5.74, 6) is 0.393. The minimum absolute atomic E-state index is 0.283. The largest absolute Gasteiger partial charge is 0.465 e. The maximum Gasteiger partial charge on any atom is 0.416 e. The van der Waals surface area contributed by atoms with Crippen LogP contribution in [0.5, 0.6) is 0 Å². The first-order valence-corrected chi connectivity index (χ1v) is 10.5. The Labute approximate surface area is 191 Å². The van der Waals surface area contributed by atoms with Gasteiger partial charge in [-0.3, -0.25) is 9.36 Å². The number of nitrogens with zero attached hydrogens (tertiary/aromatic N) is 4. The molecule has 0 saturated heterocycles. The summed E-state index contributed by atoms with van der Waals surface area (Å²) in [6.45, 7) is 0.690. The average molecular weight is 468 g/mol. The molecule has 1 amide bonds. The van der Waals surface area contributed by atoms with E-state index in [4.69, 9.17) is 0 Å². The molecule has 1 aromatic carbocycles. The lowest BCUT2D eigenvalue weighted by molar-refractivity contribution is -0.137. The summed E-state index contributed by atoms with van der Waals surface area (Å²) >= 11 is 0. The first-order chi connectivity index (χ1) is 16.1. The molecule has 0 bridgehead atoms. The summed E-state index contributed by atoms with van der Waals surface area (Å²) in [7, 11) is 1.87. The number of alkyl halides is 3. The number of hydrogen-bond donors (Lipinski definition) is 1. The fourth-order valence-electron chi connectivity index (χ4n) is 4.42. The third-order valence-corrected chi connectivity index (χ3v) is 6.21. The van der Waals surface area contributed by atoms with Gasteiger partial charge in [-0.15, -0.1) is 0 Å². The van der Waals surface area contributed by atoms with Gasteiger partial charge in [0.2, 0.25) is 0 Å². The number of carbonyl (C=O) groups is 1. The third kappa shape index (κ3) is 3.60. The minimum atomic E-state index is -4.42. The van der Waals surface area contributed by atoms with Gasteiger partial charge in [-0.05, 0) is 41.5 Å². The summed E-state index contributed by atoms with van der Waals surface area (Å²) in [6.07, 6.45) is -3.27. The molecule has 0 unspecified atom stereocenters. The fourth-order valence-corrected chi connectivity index (χ4v) is 4.42. The van der Waals surface area contributed by atoms with Gasteiger partial charge in [0.15, 0.2) is 0 Å². The van der Waals surface area contributed by atoms with Gasteiger partial charge in [-0.25, -0.2) is 9.78 Å². The second-order valence-electron chi connectivity index (χ2n) is 8.18. The lowest BCUT2D eigenvalue weighted by Gasteiger charge is -2.25. The van der Waals surface area contributed by atoms with E-state index in [1.807, 2.05) is 17.7 Å². The molecule has 1 aliphatic heterocycles. The van der Waals surface area contributed by atoms with Gasteiger partial charge in [0, 0.05) is 48.9 Å². The number of aromatic nitrogens is 3. The molecule has 4 aromatic rings. The standard InChI is InChI=1S/C24H19F3N4O3/c1-29-19-9-10-30(23(33)34)13-18(19)17-6-7-20(28-22(17)29)31-11-8-15(12-21(31)32)14-2-4-16(5-3-14)24(25,26)27/h2-8,11-12H,9-10,13H2,1H3,(H,33,34). The highest BCUT2D eigenvalue weighted by Crippen LogP contribution is 2.31. The molecular formula is C24H19F3N4O3. The van der Waals surface area contributed by atoms with E-state index in [2.05, 4.69) is 4.98 Å². The van der Waals surface area contributed by atoms with Gasteiger partial charge in [-0.2, -0.15) is 13.2 Å². The zero-order valence-corrected chi connectivity index (χ0v) is 18.0. The second kappa shape index (κ2) is 7.75. The highest BCUT2D eigenvalue weighted by atomic mass is 19.4. The molecular weight excluding hydrogens is 449 g/mol. The predicted octanol–water partition coefficient (Wildman–Crippen LogP) is 4.45. The van der Waals surface area contributed by atoms with Crippen LogP contribution in [0.1, 0.15) is 16.8 Å². The predicted molar refractivity (Wildman–Crippen MR) is 119 cm³/mol. The molecule has 4 heterocycles. The maximum atomic E-state index is 12.8. The highest BCUT2D eigenvalue weighted by Gasteiger charge is 2.30. The van der Waals surface area contributed by atoms with Crippen molar-refractivity contribution in [1.82, 2.24) is 19.0 Å². The van der Waals surface area contributed by atoms with Crippen LogP contribution >= 0.6 is 0 Å². The Balaban J connectivity index is 1.50. The van der Waals surface area contributed by atoms with Crippen molar-refractivity contribution >= 4 is 17.1 Å². The zero-order valence-electron chi connectivity index (χ0n) is 18.0. The van der Waals surface area contributed by atoms with E-state index >= 15 is 0 Å². The normalized spacial score (nSPS) is 13.8. The van der Waals surface area contributed by atoms with Gasteiger partial charge >= 0.3 is 12.3 Å². The number of hydrogen-bond acceptors (Lipinski definition) is 3. The van der Waals surface area contributed by atoms with Gasteiger partial charge in [-0.1, -0.05) is 12.1 Å². The molecule has 10 heteroatoms. The van der Waals surface area contributed by atoms with Crippen LogP contribution in [0.15, 0.2) is 59.5 Å². The Hall–Kier alpha value is -4.08. The molecule has 5 rings (SSSR count). The summed E-state index contributed by atoms with van der Waals surface area (Å²) in [4.78, 5) is 30.2. The monoisotopic (exact) mass is 468 g/mol. The molecule has 3 aromatic heterocycles. The topological polar surface area (TPSA) is 80.4 Å². The van der Waals surface area contributed by atoms with Crippen LogP contribution in [0.4, 0.5) is 18.0 Å². The van der Waals surface area contributed by atoms with Crippen molar-refractivity contribution in [2.75, 3.05) is 6.54 Å². The van der Waals surface area contributed by atoms with Crippen molar-refractivity contribution in [3.05, 3.63) is 81.9 Å². The lowest BCUT2D eigenvalue weighted by Crippen LogP contribution is -2.34. The summed E-state index contributed by atoms with van der Waals surface area (Å²) in [5, 5.41) is 10.2. The zero-order chi connectivity index (χ0) is 24.2. The van der Waals surface area contributed by atoms with Crippen LogP contribution in [0.2, 0.25) is 0 Å². The van der Waals surface area contributed by atoms with E-state index in [9.17, 15) is 27.9 Å². The van der Waals surface area contributed by atoms with Crippen LogP contribution in [0.3, 0.4) is 0 Å². The van der Waals surface area contributed by atoms with Crippen LogP contribution in [-0.2, 0) is 26.2 Å². The molecule has 7 nitrogen and oxygen atoms in total. The van der Waals surface area contributed by atoms with Gasteiger partial charge in [0.05, 0.1) is 12.1 Å². The van der Waals surface area contributed by atoms with Crippen LogP contribution in [-0.4, -0.2) is 36.8 Å². The Kier molecular flexibility index (Phi) is 4.96. The van der Waals surface area contributed by atoms with Crippen molar-refractivity contribution < 1.29 is 23.1 Å². The molecule has 0 radical (unpaired) electrons. The number of halogens is 3. The molecule has 0 atom stereocenters. The van der Waals surface area contributed by atoms with Crippen molar-refractivity contribution in [3.63, 3.8) is 0 Å². The van der Waals surface area contributed by atoms with Crippen LogP contribution < -0.4 is 5.56 Å². The second-order valence-corrected chi connectivity index (χ2v) is 8.18. The Morgan fingerprint density at radius 1 is 1.06 bits per heavy atom. The molecule has 174 valence electrons. The average Bonchev–Trinajstić information content (AvgIpc) is 3.09. The number of fused-ring (bicyclic) bond motifs is 3. The van der Waals surface area contributed by atoms with Gasteiger partial charge in [0.25, 0.3) is 5.56 Å². The summed E-state index contributed by atoms with van der Waals surface area (Å²) in [6, 6.07) is 11.2. The fraction of sp³-hybridized carbons (Fsp3) is 0.208. The van der Waals surface area contributed by atoms with E-state index in [0.717, 1.165) is 28.8 Å². The van der Waals surface area contributed by atoms with E-state index in [0.29, 0.717) is 35.6 Å². The molecule has 0 fully saturated rings.